The monoisotopic (exact) mass is 440 g/mol. The summed E-state index contributed by atoms with van der Waals surface area (Å²) < 4.78 is 0. The summed E-state index contributed by atoms with van der Waals surface area (Å²) in [6, 6.07) is 18.1. The Balaban J connectivity index is 2.07. The van der Waals surface area contributed by atoms with Gasteiger partial charge in [-0.05, 0) is 37.8 Å². The SMILES string of the molecule is CC[C@@H](C)NC(=O)[C@@H](CC)N(Cc1cccc(C)c1)C(=O)CCSCc1ccccc1. The maximum absolute atomic E-state index is 13.2. The molecule has 0 fully saturated rings. The van der Waals surface area contributed by atoms with Crippen LogP contribution in [-0.2, 0) is 21.9 Å². The topological polar surface area (TPSA) is 49.4 Å². The molecule has 0 aliphatic heterocycles. The van der Waals surface area contributed by atoms with Crippen molar-refractivity contribution in [1.82, 2.24) is 10.2 Å². The first-order chi connectivity index (χ1) is 14.9. The van der Waals surface area contributed by atoms with E-state index in [0.29, 0.717) is 19.4 Å². The summed E-state index contributed by atoms with van der Waals surface area (Å²) in [5.74, 6) is 1.60. The minimum Gasteiger partial charge on any atom is -0.352 e. The van der Waals surface area contributed by atoms with Gasteiger partial charge in [0.25, 0.3) is 0 Å². The minimum atomic E-state index is -0.457. The van der Waals surface area contributed by atoms with Gasteiger partial charge in [0, 0.05) is 30.5 Å². The van der Waals surface area contributed by atoms with Crippen molar-refractivity contribution in [3.8, 4) is 0 Å². The van der Waals surface area contributed by atoms with Crippen LogP contribution in [0.15, 0.2) is 54.6 Å². The van der Waals surface area contributed by atoms with E-state index in [9.17, 15) is 9.59 Å². The fourth-order valence-corrected chi connectivity index (χ4v) is 4.33. The van der Waals surface area contributed by atoms with E-state index < -0.39 is 6.04 Å². The van der Waals surface area contributed by atoms with Crippen LogP contribution in [0.5, 0.6) is 0 Å². The molecule has 0 aliphatic rings. The summed E-state index contributed by atoms with van der Waals surface area (Å²) in [5, 5.41) is 3.06. The van der Waals surface area contributed by atoms with Gasteiger partial charge in [0.05, 0.1) is 0 Å². The number of aryl methyl sites for hydroxylation is 1. The van der Waals surface area contributed by atoms with Gasteiger partial charge in [0.15, 0.2) is 0 Å². The molecule has 1 N–H and O–H groups in total. The van der Waals surface area contributed by atoms with Gasteiger partial charge in [-0.15, -0.1) is 0 Å². The molecular weight excluding hydrogens is 404 g/mol. The second kappa shape index (κ2) is 13.2. The first-order valence-electron chi connectivity index (χ1n) is 11.2. The largest absolute Gasteiger partial charge is 0.352 e. The molecule has 0 saturated carbocycles. The van der Waals surface area contributed by atoms with E-state index in [1.165, 1.54) is 5.56 Å². The number of amides is 2. The highest BCUT2D eigenvalue weighted by molar-refractivity contribution is 7.98. The maximum atomic E-state index is 13.2. The molecule has 0 saturated heterocycles. The number of carbonyl (C=O) groups is 2. The fourth-order valence-electron chi connectivity index (χ4n) is 3.44. The molecule has 168 valence electrons. The quantitative estimate of drug-likeness (QED) is 0.453. The van der Waals surface area contributed by atoms with Gasteiger partial charge < -0.3 is 10.2 Å². The zero-order valence-corrected chi connectivity index (χ0v) is 20.1. The molecule has 0 spiro atoms. The molecule has 0 heterocycles. The van der Waals surface area contributed by atoms with E-state index in [1.807, 2.05) is 64.1 Å². The third-order valence-corrected chi connectivity index (χ3v) is 6.42. The van der Waals surface area contributed by atoms with Gasteiger partial charge in [0.1, 0.15) is 6.04 Å². The number of benzene rings is 2. The Kier molecular flexibility index (Phi) is 10.6. The predicted molar refractivity (Wildman–Crippen MR) is 131 cm³/mol. The normalized spacial score (nSPS) is 12.8. The highest BCUT2D eigenvalue weighted by atomic mass is 32.2. The number of thioether (sulfide) groups is 1. The Bertz CT molecular complexity index is 825. The third kappa shape index (κ3) is 8.41. The van der Waals surface area contributed by atoms with Crippen LogP contribution >= 0.6 is 11.8 Å². The molecule has 2 aromatic carbocycles. The van der Waals surface area contributed by atoms with Crippen molar-refractivity contribution in [2.45, 2.75) is 71.3 Å². The summed E-state index contributed by atoms with van der Waals surface area (Å²) in [6.45, 7) is 8.52. The van der Waals surface area contributed by atoms with E-state index in [1.54, 1.807) is 16.7 Å². The van der Waals surface area contributed by atoms with Crippen LogP contribution in [-0.4, -0.2) is 34.6 Å². The number of hydrogen-bond donors (Lipinski definition) is 1. The van der Waals surface area contributed by atoms with Crippen molar-refractivity contribution in [2.75, 3.05) is 5.75 Å². The van der Waals surface area contributed by atoms with Crippen molar-refractivity contribution < 1.29 is 9.59 Å². The molecule has 2 amide bonds. The summed E-state index contributed by atoms with van der Waals surface area (Å²) in [4.78, 5) is 28.0. The summed E-state index contributed by atoms with van der Waals surface area (Å²) in [6.07, 6.45) is 1.89. The van der Waals surface area contributed by atoms with E-state index in [0.717, 1.165) is 29.1 Å². The van der Waals surface area contributed by atoms with Crippen LogP contribution in [0.2, 0.25) is 0 Å². The minimum absolute atomic E-state index is 0.0354. The molecule has 0 unspecified atom stereocenters. The van der Waals surface area contributed by atoms with Crippen molar-refractivity contribution in [2.24, 2.45) is 0 Å². The Morgan fingerprint density at radius 2 is 1.71 bits per heavy atom. The zero-order valence-electron chi connectivity index (χ0n) is 19.3. The molecule has 31 heavy (non-hydrogen) atoms. The van der Waals surface area contributed by atoms with Crippen LogP contribution in [0, 0.1) is 6.92 Å². The van der Waals surface area contributed by atoms with Crippen molar-refractivity contribution in [3.63, 3.8) is 0 Å². The average molecular weight is 441 g/mol. The molecule has 5 heteroatoms. The first-order valence-corrected chi connectivity index (χ1v) is 12.4. The molecule has 0 aliphatic carbocycles. The molecule has 0 radical (unpaired) electrons. The van der Waals surface area contributed by atoms with E-state index >= 15 is 0 Å². The second-order valence-electron chi connectivity index (χ2n) is 8.04. The molecule has 4 nitrogen and oxygen atoms in total. The molecule has 2 atom stereocenters. The highest BCUT2D eigenvalue weighted by Gasteiger charge is 2.28. The lowest BCUT2D eigenvalue weighted by Crippen LogP contribution is -2.50. The predicted octanol–water partition coefficient (Wildman–Crippen LogP) is 5.34. The van der Waals surface area contributed by atoms with Crippen molar-refractivity contribution in [1.29, 1.82) is 0 Å². The summed E-state index contributed by atoms with van der Waals surface area (Å²) in [7, 11) is 0. The van der Waals surface area contributed by atoms with Gasteiger partial charge in [0.2, 0.25) is 11.8 Å². The zero-order chi connectivity index (χ0) is 22.6. The first kappa shape index (κ1) is 25.0. The summed E-state index contributed by atoms with van der Waals surface area (Å²) in [5.41, 5.74) is 3.47. The number of carbonyl (C=O) groups excluding carboxylic acids is 2. The van der Waals surface area contributed by atoms with Crippen molar-refractivity contribution in [3.05, 3.63) is 71.3 Å². The average Bonchev–Trinajstić information content (AvgIpc) is 2.77. The molecule has 2 aromatic rings. The summed E-state index contributed by atoms with van der Waals surface area (Å²) >= 11 is 1.75. The van der Waals surface area contributed by atoms with Crippen LogP contribution < -0.4 is 5.32 Å². The maximum Gasteiger partial charge on any atom is 0.243 e. The Labute approximate surface area is 191 Å². The van der Waals surface area contributed by atoms with Crippen LogP contribution in [0.1, 0.15) is 56.7 Å². The molecule has 0 aromatic heterocycles. The van der Waals surface area contributed by atoms with E-state index in [4.69, 9.17) is 0 Å². The third-order valence-electron chi connectivity index (χ3n) is 5.39. The van der Waals surface area contributed by atoms with Crippen molar-refractivity contribution >= 4 is 23.6 Å². The van der Waals surface area contributed by atoms with Gasteiger partial charge in [-0.1, -0.05) is 74.0 Å². The van der Waals surface area contributed by atoms with Crippen LogP contribution in [0.25, 0.3) is 0 Å². The Hall–Kier alpha value is -2.27. The lowest BCUT2D eigenvalue weighted by Gasteiger charge is -2.31. The molecule has 0 bridgehead atoms. The van der Waals surface area contributed by atoms with Gasteiger partial charge in [-0.2, -0.15) is 11.8 Å². The highest BCUT2D eigenvalue weighted by Crippen LogP contribution is 2.18. The van der Waals surface area contributed by atoms with Gasteiger partial charge >= 0.3 is 0 Å². The smallest absolute Gasteiger partial charge is 0.243 e. The number of hydrogen-bond acceptors (Lipinski definition) is 3. The van der Waals surface area contributed by atoms with Crippen LogP contribution in [0.4, 0.5) is 0 Å². The molecule has 2 rings (SSSR count). The number of nitrogens with zero attached hydrogens (tertiary/aromatic N) is 1. The molecular formula is C26H36N2O2S. The lowest BCUT2D eigenvalue weighted by molar-refractivity contribution is -0.141. The second-order valence-corrected chi connectivity index (χ2v) is 9.15. The van der Waals surface area contributed by atoms with E-state index in [-0.39, 0.29) is 17.9 Å². The Morgan fingerprint density at radius 3 is 2.35 bits per heavy atom. The number of nitrogens with one attached hydrogen (secondary N) is 1. The van der Waals surface area contributed by atoms with Gasteiger partial charge in [-0.25, -0.2) is 0 Å². The van der Waals surface area contributed by atoms with Gasteiger partial charge in [-0.3, -0.25) is 9.59 Å². The Morgan fingerprint density at radius 1 is 1.00 bits per heavy atom. The number of rotatable bonds is 12. The van der Waals surface area contributed by atoms with E-state index in [2.05, 4.69) is 23.5 Å². The fraction of sp³-hybridized carbons (Fsp3) is 0.462. The lowest BCUT2D eigenvalue weighted by atomic mass is 10.1. The van der Waals surface area contributed by atoms with Crippen LogP contribution in [0.3, 0.4) is 0 Å². The standard InChI is InChI=1S/C26H36N2O2S/c1-5-21(4)27-26(30)24(6-2)28(18-23-14-10-11-20(3)17-23)25(29)15-16-31-19-22-12-8-7-9-13-22/h7-14,17,21,24H,5-6,15-16,18-19H2,1-4H3,(H,27,30)/t21-,24-/m1/s1.